The van der Waals surface area contributed by atoms with Crippen molar-refractivity contribution in [1.82, 2.24) is 24.6 Å². The molecule has 4 aromatic rings. The number of hydrogen-bond acceptors (Lipinski definition) is 8. The van der Waals surface area contributed by atoms with Crippen LogP contribution in [0.2, 0.25) is 0 Å². The lowest BCUT2D eigenvalue weighted by Crippen LogP contribution is -2.45. The lowest BCUT2D eigenvalue weighted by atomic mass is 10.1. The predicted octanol–water partition coefficient (Wildman–Crippen LogP) is 5.09. The molecule has 8 nitrogen and oxygen atoms in total. The molecule has 0 amide bonds. The Bertz CT molecular complexity index is 1520. The molecule has 5 rings (SSSR count). The van der Waals surface area contributed by atoms with E-state index in [9.17, 15) is 12.8 Å². The van der Waals surface area contributed by atoms with Crippen molar-refractivity contribution in [2.45, 2.75) is 44.0 Å². The minimum Gasteiger partial charge on any atom is -0.324 e. The first-order chi connectivity index (χ1) is 18.8. The smallest absolute Gasteiger partial charge is 0.243 e. The lowest BCUT2D eigenvalue weighted by molar-refractivity contribution is 0.290. The third-order valence-electron chi connectivity index (χ3n) is 6.78. The number of hydrogen-bond donors (Lipinski definition) is 2. The van der Waals surface area contributed by atoms with E-state index in [0.29, 0.717) is 36.5 Å². The van der Waals surface area contributed by atoms with Gasteiger partial charge < -0.3 is 10.6 Å². The maximum absolute atomic E-state index is 13.3. The van der Waals surface area contributed by atoms with Crippen LogP contribution in [0.3, 0.4) is 0 Å². The number of piperidine rings is 1. The van der Waals surface area contributed by atoms with Gasteiger partial charge in [-0.25, -0.2) is 27.8 Å². The number of rotatable bonds is 9. The summed E-state index contributed by atoms with van der Waals surface area (Å²) in [5.41, 5.74) is 3.19. The molecular formula is C28H31FN6O2S2. The first-order valence-electron chi connectivity index (χ1n) is 12.9. The highest BCUT2D eigenvalue weighted by Gasteiger charge is 2.29. The molecule has 2 N–H and O–H groups in total. The van der Waals surface area contributed by atoms with Gasteiger partial charge in [0.25, 0.3) is 0 Å². The van der Waals surface area contributed by atoms with E-state index in [4.69, 9.17) is 0 Å². The summed E-state index contributed by atoms with van der Waals surface area (Å²) in [5.74, 6) is 0.0535. The predicted molar refractivity (Wildman–Crippen MR) is 152 cm³/mol. The van der Waals surface area contributed by atoms with Crippen molar-refractivity contribution in [2.24, 2.45) is 0 Å². The molecule has 204 valence electrons. The average Bonchev–Trinajstić information content (AvgIpc) is 3.26. The summed E-state index contributed by atoms with van der Waals surface area (Å²) in [6, 6.07) is 14.8. The summed E-state index contributed by atoms with van der Waals surface area (Å²) in [6.07, 6.45) is 4.12. The Labute approximate surface area is 232 Å². The van der Waals surface area contributed by atoms with Gasteiger partial charge in [-0.3, -0.25) is 0 Å². The van der Waals surface area contributed by atoms with Crippen LogP contribution in [0.1, 0.15) is 28.4 Å². The molecule has 0 spiro atoms. The zero-order valence-electron chi connectivity index (χ0n) is 21.9. The first-order valence-corrected chi connectivity index (χ1v) is 15.2. The molecule has 39 heavy (non-hydrogen) atoms. The zero-order valence-corrected chi connectivity index (χ0v) is 23.5. The average molecular weight is 567 g/mol. The summed E-state index contributed by atoms with van der Waals surface area (Å²) < 4.78 is 41.3. The SMILES string of the molecule is Cc1nc(C)c(CCNC2CCN(S(=O)(=O)c3ccc(Nc4nccc(-c5ccc(F)cc5)n4)cc3)CC2)s1. The van der Waals surface area contributed by atoms with Crippen molar-refractivity contribution >= 4 is 33.0 Å². The first kappa shape index (κ1) is 27.3. The van der Waals surface area contributed by atoms with Gasteiger partial charge in [-0.15, -0.1) is 11.3 Å². The van der Waals surface area contributed by atoms with E-state index in [1.807, 2.05) is 13.8 Å². The molecule has 11 heteroatoms. The number of anilines is 2. The normalized spacial score (nSPS) is 14.9. The van der Waals surface area contributed by atoms with E-state index < -0.39 is 10.0 Å². The van der Waals surface area contributed by atoms with Crippen LogP contribution >= 0.6 is 11.3 Å². The molecule has 2 aromatic carbocycles. The highest BCUT2D eigenvalue weighted by molar-refractivity contribution is 7.89. The lowest BCUT2D eigenvalue weighted by Gasteiger charge is -2.31. The highest BCUT2D eigenvalue weighted by Crippen LogP contribution is 2.24. The molecular weight excluding hydrogens is 535 g/mol. The Morgan fingerprint density at radius 1 is 1.00 bits per heavy atom. The number of thiazole rings is 1. The third-order valence-corrected chi connectivity index (χ3v) is 9.83. The van der Waals surface area contributed by atoms with E-state index in [2.05, 4.69) is 25.6 Å². The van der Waals surface area contributed by atoms with Crippen LogP contribution in [0, 0.1) is 19.7 Å². The Hall–Kier alpha value is -3.25. The maximum atomic E-state index is 13.3. The van der Waals surface area contributed by atoms with Crippen LogP contribution in [0.5, 0.6) is 0 Å². The van der Waals surface area contributed by atoms with Crippen molar-refractivity contribution in [2.75, 3.05) is 25.0 Å². The molecule has 1 saturated heterocycles. The van der Waals surface area contributed by atoms with Crippen LogP contribution in [0.15, 0.2) is 65.7 Å². The number of aromatic nitrogens is 3. The van der Waals surface area contributed by atoms with Crippen molar-refractivity contribution in [3.8, 4) is 11.3 Å². The van der Waals surface area contributed by atoms with E-state index in [1.54, 1.807) is 64.3 Å². The summed E-state index contributed by atoms with van der Waals surface area (Å²) in [6.45, 7) is 5.92. The van der Waals surface area contributed by atoms with Crippen LogP contribution in [-0.2, 0) is 16.4 Å². The number of nitrogens with zero attached hydrogens (tertiary/aromatic N) is 4. The Balaban J connectivity index is 1.15. The molecule has 0 radical (unpaired) electrons. The van der Waals surface area contributed by atoms with Gasteiger partial charge in [0.2, 0.25) is 16.0 Å². The van der Waals surface area contributed by atoms with Gasteiger partial charge in [0.1, 0.15) is 5.82 Å². The molecule has 0 unspecified atom stereocenters. The molecule has 1 fully saturated rings. The van der Waals surface area contributed by atoms with Crippen molar-refractivity contribution in [3.05, 3.63) is 82.2 Å². The summed E-state index contributed by atoms with van der Waals surface area (Å²) >= 11 is 1.74. The minimum absolute atomic E-state index is 0.261. The van der Waals surface area contributed by atoms with E-state index in [0.717, 1.165) is 42.1 Å². The van der Waals surface area contributed by atoms with E-state index in [-0.39, 0.29) is 10.7 Å². The Kier molecular flexibility index (Phi) is 8.31. The number of nitrogens with one attached hydrogen (secondary N) is 2. The second kappa shape index (κ2) is 11.9. The molecule has 0 aliphatic carbocycles. The maximum Gasteiger partial charge on any atom is 0.243 e. The summed E-state index contributed by atoms with van der Waals surface area (Å²) in [7, 11) is -3.58. The van der Waals surface area contributed by atoms with E-state index in [1.165, 1.54) is 17.0 Å². The van der Waals surface area contributed by atoms with E-state index >= 15 is 0 Å². The van der Waals surface area contributed by atoms with Crippen LogP contribution < -0.4 is 10.6 Å². The molecule has 1 aliphatic heterocycles. The monoisotopic (exact) mass is 566 g/mol. The molecule has 2 aromatic heterocycles. The quantitative estimate of drug-likeness (QED) is 0.291. The highest BCUT2D eigenvalue weighted by atomic mass is 32.2. The second-order valence-electron chi connectivity index (χ2n) is 9.55. The fourth-order valence-corrected chi connectivity index (χ4v) is 7.09. The standard InChI is InChI=1S/C28H31FN6O2S2/c1-19-27(38-20(2)32-19)12-16-30-23-13-17-35(18-14-23)39(36,37)25-9-7-24(8-10-25)33-28-31-15-11-26(34-28)21-3-5-22(29)6-4-21/h3-11,15,23,30H,12-14,16-18H2,1-2H3,(H,31,33,34). The number of aryl methyl sites for hydroxylation is 2. The fraction of sp³-hybridized carbons (Fsp3) is 0.321. The van der Waals surface area contributed by atoms with Gasteiger partial charge in [0.05, 0.1) is 21.3 Å². The van der Waals surface area contributed by atoms with Gasteiger partial charge in [-0.05, 0) is 87.7 Å². The van der Waals surface area contributed by atoms with Gasteiger partial charge in [0, 0.05) is 48.0 Å². The molecule has 3 heterocycles. The van der Waals surface area contributed by atoms with Crippen LogP contribution in [-0.4, -0.2) is 53.4 Å². The van der Waals surface area contributed by atoms with Crippen LogP contribution in [0.4, 0.5) is 16.0 Å². The van der Waals surface area contributed by atoms with Gasteiger partial charge in [-0.1, -0.05) is 0 Å². The Morgan fingerprint density at radius 2 is 1.72 bits per heavy atom. The molecule has 0 bridgehead atoms. The molecule has 0 saturated carbocycles. The summed E-state index contributed by atoms with van der Waals surface area (Å²) in [5, 5.41) is 7.79. The number of benzene rings is 2. The molecule has 0 atom stereocenters. The fourth-order valence-electron chi connectivity index (χ4n) is 4.68. The minimum atomic E-state index is -3.58. The van der Waals surface area contributed by atoms with Gasteiger partial charge in [0.15, 0.2) is 0 Å². The zero-order chi connectivity index (χ0) is 27.4. The molecule has 1 aliphatic rings. The van der Waals surface area contributed by atoms with Gasteiger partial charge in [-0.2, -0.15) is 4.31 Å². The van der Waals surface area contributed by atoms with Crippen LogP contribution in [0.25, 0.3) is 11.3 Å². The number of sulfonamides is 1. The van der Waals surface area contributed by atoms with Crippen molar-refractivity contribution < 1.29 is 12.8 Å². The summed E-state index contributed by atoms with van der Waals surface area (Å²) in [4.78, 5) is 14.8. The largest absolute Gasteiger partial charge is 0.324 e. The second-order valence-corrected chi connectivity index (χ2v) is 12.8. The van der Waals surface area contributed by atoms with Gasteiger partial charge >= 0.3 is 0 Å². The topological polar surface area (TPSA) is 100 Å². The van der Waals surface area contributed by atoms with Crippen molar-refractivity contribution in [3.63, 3.8) is 0 Å². The third kappa shape index (κ3) is 6.67. The number of halogens is 1. The Morgan fingerprint density at radius 3 is 2.38 bits per heavy atom. The van der Waals surface area contributed by atoms with Crippen molar-refractivity contribution in [1.29, 1.82) is 0 Å².